The predicted molar refractivity (Wildman–Crippen MR) is 130 cm³/mol. The summed E-state index contributed by atoms with van der Waals surface area (Å²) in [6.07, 6.45) is -0.960. The van der Waals surface area contributed by atoms with Crippen LogP contribution in [0.1, 0.15) is 35.2 Å². The van der Waals surface area contributed by atoms with E-state index in [1.165, 1.54) is 4.31 Å². The van der Waals surface area contributed by atoms with E-state index in [4.69, 9.17) is 4.74 Å². The molecule has 3 aromatic rings. The van der Waals surface area contributed by atoms with E-state index in [0.717, 1.165) is 16.7 Å². The summed E-state index contributed by atoms with van der Waals surface area (Å²) in [5, 5.41) is 2.99. The van der Waals surface area contributed by atoms with Gasteiger partial charge in [0.25, 0.3) is 5.91 Å². The number of amides is 1. The first-order chi connectivity index (χ1) is 15.7. The van der Waals surface area contributed by atoms with Crippen molar-refractivity contribution in [1.29, 1.82) is 0 Å². The number of ether oxygens (including phenoxy) is 1. The Morgan fingerprint density at radius 1 is 1.06 bits per heavy atom. The molecule has 4 rings (SSSR count). The number of nitrogens with one attached hydrogen (secondary N) is 1. The molecule has 0 aliphatic carbocycles. The van der Waals surface area contributed by atoms with Crippen LogP contribution in [0.2, 0.25) is 0 Å². The minimum absolute atomic E-state index is 0.0857. The number of anilines is 1. The number of nitrogens with zero attached hydrogens (tertiary/aromatic N) is 1. The molecule has 0 aromatic heterocycles. The topological polar surface area (TPSA) is 75.7 Å². The fourth-order valence-corrected chi connectivity index (χ4v) is 5.74. The molecule has 0 radical (unpaired) electrons. The van der Waals surface area contributed by atoms with Crippen LogP contribution >= 0.6 is 0 Å². The number of rotatable bonds is 6. The lowest BCUT2D eigenvalue weighted by Gasteiger charge is -2.35. The summed E-state index contributed by atoms with van der Waals surface area (Å²) in [5.41, 5.74) is 4.38. The third kappa shape index (κ3) is 5.03. The Hall–Kier alpha value is -3.32. The van der Waals surface area contributed by atoms with Crippen LogP contribution < -0.4 is 14.4 Å². The van der Waals surface area contributed by atoms with Gasteiger partial charge in [-0.3, -0.25) is 9.10 Å². The van der Waals surface area contributed by atoms with Crippen LogP contribution in [-0.2, 0) is 20.6 Å². The SMILES string of the molecule is Cc1ccc([C@@H](C)NC(=O)[C@@H]2CN(S(=O)(=O)Cc3ccccc3)c3ccccc3O2)c(C)c1. The number of para-hydroxylation sites is 2. The summed E-state index contributed by atoms with van der Waals surface area (Å²) in [6, 6.07) is 21.8. The maximum atomic E-state index is 13.3. The van der Waals surface area contributed by atoms with Crippen LogP contribution in [0.3, 0.4) is 0 Å². The number of carbonyl (C=O) groups is 1. The van der Waals surface area contributed by atoms with Gasteiger partial charge in [0.05, 0.1) is 24.0 Å². The summed E-state index contributed by atoms with van der Waals surface area (Å²) in [4.78, 5) is 13.1. The van der Waals surface area contributed by atoms with Gasteiger partial charge in [-0.25, -0.2) is 8.42 Å². The highest BCUT2D eigenvalue weighted by Gasteiger charge is 2.37. The van der Waals surface area contributed by atoms with Gasteiger partial charge in [0.2, 0.25) is 10.0 Å². The Labute approximate surface area is 195 Å². The zero-order valence-corrected chi connectivity index (χ0v) is 19.8. The first-order valence-electron chi connectivity index (χ1n) is 10.9. The molecule has 0 unspecified atom stereocenters. The summed E-state index contributed by atoms with van der Waals surface area (Å²) < 4.78 is 33.9. The number of sulfonamides is 1. The van der Waals surface area contributed by atoms with E-state index in [0.29, 0.717) is 17.0 Å². The highest BCUT2D eigenvalue weighted by atomic mass is 32.2. The lowest BCUT2D eigenvalue weighted by Crippen LogP contribution is -2.51. The van der Waals surface area contributed by atoms with E-state index >= 15 is 0 Å². The molecule has 0 bridgehead atoms. The van der Waals surface area contributed by atoms with Crippen molar-refractivity contribution < 1.29 is 17.9 Å². The minimum atomic E-state index is -3.74. The standard InChI is InChI=1S/C26H28N2O4S/c1-18-13-14-22(19(2)15-18)20(3)27-26(29)25-16-28(23-11-7-8-12-24(23)32-25)33(30,31)17-21-9-5-4-6-10-21/h4-15,20,25H,16-17H2,1-3H3,(H,27,29)/t20-,25+/m1/s1. The van der Waals surface area contributed by atoms with Gasteiger partial charge in [-0.2, -0.15) is 0 Å². The van der Waals surface area contributed by atoms with E-state index in [9.17, 15) is 13.2 Å². The van der Waals surface area contributed by atoms with Crippen LogP contribution in [0, 0.1) is 13.8 Å². The van der Waals surface area contributed by atoms with E-state index in [1.807, 2.05) is 51.1 Å². The Morgan fingerprint density at radius 3 is 2.48 bits per heavy atom. The second-order valence-electron chi connectivity index (χ2n) is 8.44. The molecular formula is C26H28N2O4S. The van der Waals surface area contributed by atoms with Crippen molar-refractivity contribution in [3.8, 4) is 5.75 Å². The summed E-state index contributed by atoms with van der Waals surface area (Å²) in [6.45, 7) is 5.86. The molecule has 1 N–H and O–H groups in total. The molecule has 1 aliphatic rings. The highest BCUT2D eigenvalue weighted by molar-refractivity contribution is 7.92. The smallest absolute Gasteiger partial charge is 0.263 e. The predicted octanol–water partition coefficient (Wildman–Crippen LogP) is 4.28. The molecule has 1 amide bonds. The molecule has 1 heterocycles. The van der Waals surface area contributed by atoms with E-state index in [2.05, 4.69) is 11.4 Å². The van der Waals surface area contributed by atoms with Gasteiger partial charge in [-0.05, 0) is 49.6 Å². The zero-order valence-electron chi connectivity index (χ0n) is 19.0. The first kappa shape index (κ1) is 22.9. The lowest BCUT2D eigenvalue weighted by atomic mass is 10.00. The largest absolute Gasteiger partial charge is 0.476 e. The number of hydrogen-bond donors (Lipinski definition) is 1. The number of aryl methyl sites for hydroxylation is 2. The van der Waals surface area contributed by atoms with E-state index in [-0.39, 0.29) is 24.2 Å². The third-order valence-corrected chi connectivity index (χ3v) is 7.52. The van der Waals surface area contributed by atoms with Gasteiger partial charge < -0.3 is 10.1 Å². The fraction of sp³-hybridized carbons (Fsp3) is 0.269. The Balaban J connectivity index is 1.57. The second-order valence-corrected chi connectivity index (χ2v) is 10.3. The normalized spacial score (nSPS) is 16.5. The number of hydrogen-bond acceptors (Lipinski definition) is 4. The third-order valence-electron chi connectivity index (χ3n) is 5.81. The molecule has 0 saturated heterocycles. The summed E-state index contributed by atoms with van der Waals surface area (Å²) in [5.74, 6) is -0.133. The number of carbonyl (C=O) groups excluding carboxylic acids is 1. The Kier molecular flexibility index (Phi) is 6.42. The molecule has 6 nitrogen and oxygen atoms in total. The molecule has 33 heavy (non-hydrogen) atoms. The first-order valence-corrected chi connectivity index (χ1v) is 12.5. The maximum Gasteiger partial charge on any atom is 0.263 e. The molecule has 0 saturated carbocycles. The van der Waals surface area contributed by atoms with Crippen molar-refractivity contribution >= 4 is 21.6 Å². The summed E-state index contributed by atoms with van der Waals surface area (Å²) >= 11 is 0. The summed E-state index contributed by atoms with van der Waals surface area (Å²) in [7, 11) is -3.74. The van der Waals surface area contributed by atoms with Gasteiger partial charge in [0, 0.05) is 0 Å². The van der Waals surface area contributed by atoms with Crippen LogP contribution in [0.25, 0.3) is 0 Å². The average Bonchev–Trinajstić information content (AvgIpc) is 2.78. The van der Waals surface area contributed by atoms with Gasteiger partial charge in [-0.1, -0.05) is 66.2 Å². The van der Waals surface area contributed by atoms with Gasteiger partial charge >= 0.3 is 0 Å². The van der Waals surface area contributed by atoms with E-state index in [1.54, 1.807) is 36.4 Å². The van der Waals surface area contributed by atoms with Crippen molar-refractivity contribution in [2.45, 2.75) is 38.7 Å². The van der Waals surface area contributed by atoms with Crippen molar-refractivity contribution in [3.63, 3.8) is 0 Å². The van der Waals surface area contributed by atoms with Crippen LogP contribution in [0.4, 0.5) is 5.69 Å². The molecule has 7 heteroatoms. The van der Waals surface area contributed by atoms with Crippen molar-refractivity contribution in [3.05, 3.63) is 95.1 Å². The van der Waals surface area contributed by atoms with Crippen LogP contribution in [-0.4, -0.2) is 27.0 Å². The van der Waals surface area contributed by atoms with Gasteiger partial charge in [0.15, 0.2) is 6.10 Å². The molecule has 3 aromatic carbocycles. The zero-order chi connectivity index (χ0) is 23.6. The Bertz CT molecular complexity index is 1260. The Morgan fingerprint density at radius 2 is 1.76 bits per heavy atom. The second kappa shape index (κ2) is 9.27. The number of fused-ring (bicyclic) bond motifs is 1. The van der Waals surface area contributed by atoms with Crippen molar-refractivity contribution in [2.75, 3.05) is 10.8 Å². The van der Waals surface area contributed by atoms with Crippen molar-refractivity contribution in [2.24, 2.45) is 0 Å². The van der Waals surface area contributed by atoms with Gasteiger partial charge in [-0.15, -0.1) is 0 Å². The van der Waals surface area contributed by atoms with Crippen LogP contribution in [0.5, 0.6) is 5.75 Å². The molecule has 2 atom stereocenters. The molecule has 0 spiro atoms. The van der Waals surface area contributed by atoms with E-state index < -0.39 is 16.1 Å². The maximum absolute atomic E-state index is 13.3. The van der Waals surface area contributed by atoms with Crippen molar-refractivity contribution in [1.82, 2.24) is 5.32 Å². The van der Waals surface area contributed by atoms with Gasteiger partial charge in [0.1, 0.15) is 5.75 Å². The average molecular weight is 465 g/mol. The fourth-order valence-electron chi connectivity index (χ4n) is 4.16. The lowest BCUT2D eigenvalue weighted by molar-refractivity contribution is -0.128. The monoisotopic (exact) mass is 464 g/mol. The molecule has 172 valence electrons. The molecule has 1 aliphatic heterocycles. The number of benzene rings is 3. The minimum Gasteiger partial charge on any atom is -0.476 e. The quantitative estimate of drug-likeness (QED) is 0.591. The molecule has 0 fully saturated rings. The van der Waals surface area contributed by atoms with Crippen LogP contribution in [0.15, 0.2) is 72.8 Å². The highest BCUT2D eigenvalue weighted by Crippen LogP contribution is 2.36. The molecular weight excluding hydrogens is 436 g/mol.